The van der Waals surface area contributed by atoms with E-state index in [-0.39, 0.29) is 15.8 Å². The molecule has 0 saturated heterocycles. The summed E-state index contributed by atoms with van der Waals surface area (Å²) in [5.74, 6) is -0.638. The standard InChI is InChI=1S/C15H10ClFN2O3S/c16-12-8-11(6-7-13(12)17)19-23(20,21)15-9-14(18-22-15)10-4-2-1-3-5-10/h1-9,19H. The Morgan fingerprint density at radius 1 is 1.09 bits per heavy atom. The van der Waals surface area contributed by atoms with Gasteiger partial charge in [0.05, 0.1) is 10.7 Å². The largest absolute Gasteiger partial charge is 0.342 e. The van der Waals surface area contributed by atoms with Gasteiger partial charge < -0.3 is 4.52 Å². The van der Waals surface area contributed by atoms with E-state index in [2.05, 4.69) is 9.88 Å². The molecule has 8 heteroatoms. The highest BCUT2D eigenvalue weighted by atomic mass is 35.5. The molecule has 0 unspecified atom stereocenters. The highest BCUT2D eigenvalue weighted by molar-refractivity contribution is 7.92. The lowest BCUT2D eigenvalue weighted by Gasteiger charge is -2.05. The van der Waals surface area contributed by atoms with E-state index >= 15 is 0 Å². The summed E-state index contributed by atoms with van der Waals surface area (Å²) in [6.07, 6.45) is 0. The third-order valence-electron chi connectivity index (χ3n) is 2.99. The fraction of sp³-hybridized carbons (Fsp3) is 0. The lowest BCUT2D eigenvalue weighted by atomic mass is 10.2. The zero-order valence-electron chi connectivity index (χ0n) is 11.5. The van der Waals surface area contributed by atoms with Crippen LogP contribution in [0.2, 0.25) is 5.02 Å². The molecule has 0 aliphatic carbocycles. The molecule has 118 valence electrons. The summed E-state index contributed by atoms with van der Waals surface area (Å²) >= 11 is 5.63. The van der Waals surface area contributed by atoms with Crippen molar-refractivity contribution in [2.45, 2.75) is 5.09 Å². The van der Waals surface area contributed by atoms with E-state index < -0.39 is 15.8 Å². The summed E-state index contributed by atoms with van der Waals surface area (Å²) < 4.78 is 44.8. The first-order valence-corrected chi connectivity index (χ1v) is 8.32. The molecule has 0 aliphatic heterocycles. The van der Waals surface area contributed by atoms with Gasteiger partial charge in [-0.15, -0.1) is 0 Å². The summed E-state index contributed by atoms with van der Waals surface area (Å²) in [7, 11) is -3.99. The summed E-state index contributed by atoms with van der Waals surface area (Å²) in [5, 5.41) is 3.21. The second-order valence-electron chi connectivity index (χ2n) is 4.63. The topological polar surface area (TPSA) is 72.2 Å². The van der Waals surface area contributed by atoms with Crippen molar-refractivity contribution in [1.29, 1.82) is 0 Å². The van der Waals surface area contributed by atoms with Crippen molar-refractivity contribution < 1.29 is 17.3 Å². The Labute approximate surface area is 136 Å². The SMILES string of the molecule is O=S(=O)(Nc1ccc(F)c(Cl)c1)c1cc(-c2ccccc2)no1. The lowest BCUT2D eigenvalue weighted by molar-refractivity contribution is 0.341. The molecule has 23 heavy (non-hydrogen) atoms. The molecule has 5 nitrogen and oxygen atoms in total. The first-order chi connectivity index (χ1) is 11.0. The summed E-state index contributed by atoms with van der Waals surface area (Å²) in [6, 6.07) is 13.8. The molecule has 2 aromatic carbocycles. The zero-order chi connectivity index (χ0) is 16.4. The molecule has 0 atom stereocenters. The maximum Gasteiger partial charge on any atom is 0.298 e. The first-order valence-electron chi connectivity index (χ1n) is 6.46. The quantitative estimate of drug-likeness (QED) is 0.772. The fourth-order valence-corrected chi connectivity index (χ4v) is 3.02. The second-order valence-corrected chi connectivity index (χ2v) is 6.65. The van der Waals surface area contributed by atoms with Gasteiger partial charge in [0.15, 0.2) is 0 Å². The van der Waals surface area contributed by atoms with Crippen molar-refractivity contribution in [3.8, 4) is 11.3 Å². The number of nitrogens with one attached hydrogen (secondary N) is 1. The monoisotopic (exact) mass is 352 g/mol. The van der Waals surface area contributed by atoms with Gasteiger partial charge in [-0.1, -0.05) is 47.1 Å². The molecule has 1 heterocycles. The van der Waals surface area contributed by atoms with E-state index in [1.807, 2.05) is 6.07 Å². The number of anilines is 1. The molecule has 1 aromatic heterocycles. The van der Waals surface area contributed by atoms with Crippen LogP contribution in [-0.4, -0.2) is 13.6 Å². The van der Waals surface area contributed by atoms with Gasteiger partial charge in [0.2, 0.25) is 0 Å². The fourth-order valence-electron chi connectivity index (χ4n) is 1.90. The third-order valence-corrected chi connectivity index (χ3v) is 4.51. The van der Waals surface area contributed by atoms with Crippen LogP contribution in [0, 0.1) is 5.82 Å². The van der Waals surface area contributed by atoms with Gasteiger partial charge >= 0.3 is 0 Å². The molecule has 0 saturated carbocycles. The molecule has 0 fully saturated rings. The molecule has 1 N–H and O–H groups in total. The first kappa shape index (κ1) is 15.5. The van der Waals surface area contributed by atoms with Crippen LogP contribution in [0.3, 0.4) is 0 Å². The molecule has 0 spiro atoms. The van der Waals surface area contributed by atoms with Gasteiger partial charge in [-0.3, -0.25) is 4.72 Å². The van der Waals surface area contributed by atoms with Crippen LogP contribution in [0.25, 0.3) is 11.3 Å². The third kappa shape index (κ3) is 3.35. The van der Waals surface area contributed by atoms with E-state index in [0.717, 1.165) is 11.6 Å². The van der Waals surface area contributed by atoms with Crippen molar-refractivity contribution in [2.75, 3.05) is 4.72 Å². The highest BCUT2D eigenvalue weighted by Gasteiger charge is 2.21. The Morgan fingerprint density at radius 2 is 1.83 bits per heavy atom. The van der Waals surface area contributed by atoms with Gasteiger partial charge in [0, 0.05) is 11.6 Å². The molecule has 0 amide bonds. The van der Waals surface area contributed by atoms with Crippen LogP contribution in [-0.2, 0) is 10.0 Å². The molecule has 0 bridgehead atoms. The summed E-state index contributed by atoms with van der Waals surface area (Å²) in [4.78, 5) is 0. The zero-order valence-corrected chi connectivity index (χ0v) is 13.1. The van der Waals surface area contributed by atoms with Crippen LogP contribution in [0.15, 0.2) is 64.2 Å². The Balaban J connectivity index is 1.88. The van der Waals surface area contributed by atoms with Crippen molar-refractivity contribution in [3.05, 3.63) is 65.4 Å². The van der Waals surface area contributed by atoms with Crippen LogP contribution < -0.4 is 4.72 Å². The molecular formula is C15H10ClFN2O3S. The van der Waals surface area contributed by atoms with Crippen LogP contribution >= 0.6 is 11.6 Å². The maximum atomic E-state index is 13.1. The molecule has 3 rings (SSSR count). The van der Waals surface area contributed by atoms with Gasteiger partial charge in [0.25, 0.3) is 15.1 Å². The summed E-state index contributed by atoms with van der Waals surface area (Å²) in [5.41, 5.74) is 1.24. The number of nitrogens with zero attached hydrogens (tertiary/aromatic N) is 1. The Morgan fingerprint density at radius 3 is 2.52 bits per heavy atom. The number of aromatic nitrogens is 1. The normalized spacial score (nSPS) is 11.4. The van der Waals surface area contributed by atoms with Gasteiger partial charge in [-0.05, 0) is 18.2 Å². The average Bonchev–Trinajstić information content (AvgIpc) is 3.02. The second kappa shape index (κ2) is 6.02. The van der Waals surface area contributed by atoms with Crippen LogP contribution in [0.5, 0.6) is 0 Å². The number of benzene rings is 2. The van der Waals surface area contributed by atoms with Crippen LogP contribution in [0.4, 0.5) is 10.1 Å². The number of hydrogen-bond acceptors (Lipinski definition) is 4. The minimum absolute atomic E-state index is 0.120. The highest BCUT2D eigenvalue weighted by Crippen LogP contribution is 2.25. The van der Waals surface area contributed by atoms with E-state index in [1.54, 1.807) is 24.3 Å². The number of sulfonamides is 1. The van der Waals surface area contributed by atoms with Crippen LogP contribution in [0.1, 0.15) is 0 Å². The van der Waals surface area contributed by atoms with Crippen molar-refractivity contribution >= 4 is 27.3 Å². The number of rotatable bonds is 4. The average molecular weight is 353 g/mol. The van der Waals surface area contributed by atoms with Gasteiger partial charge in [-0.25, -0.2) is 4.39 Å². The van der Waals surface area contributed by atoms with E-state index in [4.69, 9.17) is 16.1 Å². The molecule has 3 aromatic rings. The number of hydrogen-bond donors (Lipinski definition) is 1. The number of halogens is 2. The van der Waals surface area contributed by atoms with E-state index in [9.17, 15) is 12.8 Å². The molecule has 0 radical (unpaired) electrons. The van der Waals surface area contributed by atoms with E-state index in [0.29, 0.717) is 5.69 Å². The molecular weight excluding hydrogens is 343 g/mol. The Hall–Kier alpha value is -2.38. The van der Waals surface area contributed by atoms with Gasteiger partial charge in [0.1, 0.15) is 11.5 Å². The van der Waals surface area contributed by atoms with Gasteiger partial charge in [-0.2, -0.15) is 8.42 Å². The Bertz CT molecular complexity index is 942. The minimum atomic E-state index is -3.99. The summed E-state index contributed by atoms with van der Waals surface area (Å²) in [6.45, 7) is 0. The van der Waals surface area contributed by atoms with Crippen molar-refractivity contribution in [3.63, 3.8) is 0 Å². The predicted octanol–water partition coefficient (Wildman–Crippen LogP) is 3.93. The minimum Gasteiger partial charge on any atom is -0.342 e. The van der Waals surface area contributed by atoms with E-state index in [1.165, 1.54) is 18.2 Å². The predicted molar refractivity (Wildman–Crippen MR) is 84.2 cm³/mol. The smallest absolute Gasteiger partial charge is 0.298 e. The van der Waals surface area contributed by atoms with Crippen molar-refractivity contribution in [1.82, 2.24) is 5.16 Å². The maximum absolute atomic E-state index is 13.1. The molecule has 0 aliphatic rings. The lowest BCUT2D eigenvalue weighted by Crippen LogP contribution is -2.12. The van der Waals surface area contributed by atoms with Crippen molar-refractivity contribution in [2.24, 2.45) is 0 Å². The Kier molecular flexibility index (Phi) is 4.06.